The van der Waals surface area contributed by atoms with Crippen LogP contribution in [-0.4, -0.2) is 15.9 Å². The third kappa shape index (κ3) is 3.61. The molecular weight excluding hydrogens is 300 g/mol. The van der Waals surface area contributed by atoms with Crippen molar-refractivity contribution in [2.75, 3.05) is 0 Å². The average Bonchev–Trinajstić information content (AvgIpc) is 3.05. The van der Waals surface area contributed by atoms with E-state index < -0.39 is 0 Å². The van der Waals surface area contributed by atoms with E-state index in [1.807, 2.05) is 43.3 Å². The summed E-state index contributed by atoms with van der Waals surface area (Å²) in [5.41, 5.74) is 3.53. The molecule has 0 fully saturated rings. The Kier molecular flexibility index (Phi) is 4.57. The number of benzene rings is 2. The van der Waals surface area contributed by atoms with Crippen LogP contribution in [0.1, 0.15) is 36.3 Å². The Morgan fingerprint density at radius 3 is 2.71 bits per heavy atom. The summed E-state index contributed by atoms with van der Waals surface area (Å²) in [6, 6.07) is 17.0. The van der Waals surface area contributed by atoms with E-state index in [-0.39, 0.29) is 11.9 Å². The van der Waals surface area contributed by atoms with Gasteiger partial charge in [-0.2, -0.15) is 5.26 Å². The normalized spacial score (nSPS) is 11.8. The van der Waals surface area contributed by atoms with Gasteiger partial charge in [-0.15, -0.1) is 0 Å². The Labute approximate surface area is 140 Å². The maximum absolute atomic E-state index is 12.1. The first-order chi connectivity index (χ1) is 11.7. The van der Waals surface area contributed by atoms with Crippen LogP contribution < -0.4 is 5.32 Å². The molecule has 1 unspecified atom stereocenters. The molecule has 1 aromatic heterocycles. The van der Waals surface area contributed by atoms with E-state index in [0.717, 1.165) is 22.4 Å². The number of nitrogens with one attached hydrogen (secondary N) is 2. The lowest BCUT2D eigenvalue weighted by Gasteiger charge is -2.11. The number of hydrogen-bond donors (Lipinski definition) is 2. The first-order valence-corrected chi connectivity index (χ1v) is 7.89. The van der Waals surface area contributed by atoms with Crippen molar-refractivity contribution in [1.82, 2.24) is 15.3 Å². The van der Waals surface area contributed by atoms with Gasteiger partial charge in [-0.25, -0.2) is 4.98 Å². The number of aromatic nitrogens is 2. The molecule has 0 saturated carbocycles. The van der Waals surface area contributed by atoms with Gasteiger partial charge in [-0.1, -0.05) is 24.3 Å². The van der Waals surface area contributed by atoms with Crippen molar-refractivity contribution < 1.29 is 4.79 Å². The van der Waals surface area contributed by atoms with Crippen LogP contribution in [0.25, 0.3) is 11.0 Å². The van der Waals surface area contributed by atoms with Crippen LogP contribution in [-0.2, 0) is 11.2 Å². The van der Waals surface area contributed by atoms with Gasteiger partial charge >= 0.3 is 0 Å². The SMILES string of the molecule is CC(NC(=O)CCc1ccc(C#N)cc1)c1nc2ccccc2[nH]1. The molecule has 1 amide bonds. The van der Waals surface area contributed by atoms with Gasteiger partial charge in [-0.3, -0.25) is 4.79 Å². The Bertz CT molecular complexity index is 857. The van der Waals surface area contributed by atoms with Gasteiger partial charge in [0.05, 0.1) is 28.7 Å². The van der Waals surface area contributed by atoms with Crippen molar-refractivity contribution in [2.24, 2.45) is 0 Å². The molecule has 3 rings (SSSR count). The Morgan fingerprint density at radius 1 is 1.25 bits per heavy atom. The number of carbonyl (C=O) groups excluding carboxylic acids is 1. The van der Waals surface area contributed by atoms with Crippen LogP contribution in [0.4, 0.5) is 0 Å². The van der Waals surface area contributed by atoms with E-state index in [0.29, 0.717) is 18.4 Å². The van der Waals surface area contributed by atoms with Crippen molar-refractivity contribution >= 4 is 16.9 Å². The van der Waals surface area contributed by atoms with Gasteiger partial charge in [0.2, 0.25) is 5.91 Å². The monoisotopic (exact) mass is 318 g/mol. The zero-order valence-electron chi connectivity index (χ0n) is 13.4. The highest BCUT2D eigenvalue weighted by Crippen LogP contribution is 2.15. The highest BCUT2D eigenvalue weighted by atomic mass is 16.1. The molecule has 0 bridgehead atoms. The predicted molar refractivity (Wildman–Crippen MR) is 92.1 cm³/mol. The zero-order chi connectivity index (χ0) is 16.9. The van der Waals surface area contributed by atoms with Gasteiger partial charge in [0.15, 0.2) is 0 Å². The van der Waals surface area contributed by atoms with Crippen molar-refractivity contribution in [2.45, 2.75) is 25.8 Å². The minimum Gasteiger partial charge on any atom is -0.346 e. The molecule has 2 aromatic carbocycles. The van der Waals surface area contributed by atoms with Gasteiger partial charge in [0.1, 0.15) is 5.82 Å². The molecule has 0 radical (unpaired) electrons. The van der Waals surface area contributed by atoms with Gasteiger partial charge in [0, 0.05) is 6.42 Å². The molecule has 1 heterocycles. The van der Waals surface area contributed by atoms with Crippen LogP contribution in [0.15, 0.2) is 48.5 Å². The summed E-state index contributed by atoms with van der Waals surface area (Å²) in [6.45, 7) is 1.91. The summed E-state index contributed by atoms with van der Waals surface area (Å²) in [7, 11) is 0. The van der Waals surface area contributed by atoms with E-state index in [1.165, 1.54) is 0 Å². The number of H-pyrrole nitrogens is 1. The number of amides is 1. The molecular formula is C19H18N4O. The summed E-state index contributed by atoms with van der Waals surface area (Å²) >= 11 is 0. The van der Waals surface area contributed by atoms with Crippen LogP contribution in [0, 0.1) is 11.3 Å². The number of fused-ring (bicyclic) bond motifs is 1. The van der Waals surface area contributed by atoms with Crippen molar-refractivity contribution in [3.63, 3.8) is 0 Å². The second kappa shape index (κ2) is 6.97. The lowest BCUT2D eigenvalue weighted by atomic mass is 10.1. The van der Waals surface area contributed by atoms with E-state index in [9.17, 15) is 4.79 Å². The average molecular weight is 318 g/mol. The number of imidazole rings is 1. The molecule has 0 aliphatic rings. The molecule has 1 atom stereocenters. The Hall–Kier alpha value is -3.13. The molecule has 0 spiro atoms. The molecule has 2 N–H and O–H groups in total. The van der Waals surface area contributed by atoms with Crippen LogP contribution in [0.5, 0.6) is 0 Å². The summed E-state index contributed by atoms with van der Waals surface area (Å²) in [6.07, 6.45) is 1.04. The van der Waals surface area contributed by atoms with Crippen molar-refractivity contribution in [3.8, 4) is 6.07 Å². The zero-order valence-corrected chi connectivity index (χ0v) is 13.4. The fraction of sp³-hybridized carbons (Fsp3) is 0.211. The molecule has 5 heteroatoms. The highest BCUT2D eigenvalue weighted by molar-refractivity contribution is 5.77. The fourth-order valence-electron chi connectivity index (χ4n) is 2.56. The van der Waals surface area contributed by atoms with Crippen molar-refractivity contribution in [3.05, 3.63) is 65.5 Å². The maximum Gasteiger partial charge on any atom is 0.220 e. The maximum atomic E-state index is 12.1. The molecule has 24 heavy (non-hydrogen) atoms. The predicted octanol–water partition coefficient (Wildman–Crippen LogP) is 3.24. The third-order valence-electron chi connectivity index (χ3n) is 3.92. The van der Waals surface area contributed by atoms with Crippen molar-refractivity contribution in [1.29, 1.82) is 5.26 Å². The summed E-state index contributed by atoms with van der Waals surface area (Å²) in [5.74, 6) is 0.732. The van der Waals surface area contributed by atoms with E-state index in [1.54, 1.807) is 12.1 Å². The number of para-hydroxylation sites is 2. The van der Waals surface area contributed by atoms with Crippen LogP contribution in [0.3, 0.4) is 0 Å². The Balaban J connectivity index is 1.56. The highest BCUT2D eigenvalue weighted by Gasteiger charge is 2.13. The number of aromatic amines is 1. The second-order valence-electron chi connectivity index (χ2n) is 5.74. The van der Waals surface area contributed by atoms with E-state index in [4.69, 9.17) is 5.26 Å². The van der Waals surface area contributed by atoms with E-state index >= 15 is 0 Å². The van der Waals surface area contributed by atoms with Crippen LogP contribution in [0.2, 0.25) is 0 Å². The number of nitrogens with zero attached hydrogens (tertiary/aromatic N) is 2. The lowest BCUT2D eigenvalue weighted by Crippen LogP contribution is -2.27. The largest absolute Gasteiger partial charge is 0.346 e. The lowest BCUT2D eigenvalue weighted by molar-refractivity contribution is -0.121. The molecule has 5 nitrogen and oxygen atoms in total. The van der Waals surface area contributed by atoms with Gasteiger partial charge < -0.3 is 10.3 Å². The molecule has 0 aliphatic carbocycles. The molecule has 0 aliphatic heterocycles. The summed E-state index contributed by atoms with van der Waals surface area (Å²) in [5, 5.41) is 11.7. The van der Waals surface area contributed by atoms with E-state index in [2.05, 4.69) is 21.4 Å². The molecule has 3 aromatic rings. The number of nitriles is 1. The van der Waals surface area contributed by atoms with Gasteiger partial charge in [-0.05, 0) is 43.2 Å². The molecule has 120 valence electrons. The van der Waals surface area contributed by atoms with Crippen LogP contribution >= 0.6 is 0 Å². The first kappa shape index (κ1) is 15.8. The fourth-order valence-corrected chi connectivity index (χ4v) is 2.56. The minimum atomic E-state index is -0.175. The quantitative estimate of drug-likeness (QED) is 0.757. The third-order valence-corrected chi connectivity index (χ3v) is 3.92. The number of aryl methyl sites for hydroxylation is 1. The number of carbonyl (C=O) groups is 1. The summed E-state index contributed by atoms with van der Waals surface area (Å²) in [4.78, 5) is 19.9. The van der Waals surface area contributed by atoms with Gasteiger partial charge in [0.25, 0.3) is 0 Å². The standard InChI is InChI=1S/C19H18N4O/c1-13(19-22-16-4-2-3-5-17(16)23-19)21-18(24)11-10-14-6-8-15(12-20)9-7-14/h2-9,13H,10-11H2,1H3,(H,21,24)(H,22,23). The number of hydrogen-bond acceptors (Lipinski definition) is 3. The minimum absolute atomic E-state index is 0.0210. The smallest absolute Gasteiger partial charge is 0.220 e. The topological polar surface area (TPSA) is 81.6 Å². The molecule has 0 saturated heterocycles. The Morgan fingerprint density at radius 2 is 2.00 bits per heavy atom. The second-order valence-corrected chi connectivity index (χ2v) is 5.74. The summed E-state index contributed by atoms with van der Waals surface area (Å²) < 4.78 is 0. The first-order valence-electron chi connectivity index (χ1n) is 7.89. The number of rotatable bonds is 5.